The van der Waals surface area contributed by atoms with E-state index in [0.717, 1.165) is 11.8 Å². The third-order valence-electron chi connectivity index (χ3n) is 3.97. The van der Waals surface area contributed by atoms with Gasteiger partial charge in [0.25, 0.3) is 5.24 Å². The van der Waals surface area contributed by atoms with E-state index >= 15 is 0 Å². The predicted octanol–water partition coefficient (Wildman–Crippen LogP) is -0.0790. The van der Waals surface area contributed by atoms with E-state index in [1.165, 1.54) is 23.0 Å². The van der Waals surface area contributed by atoms with Gasteiger partial charge in [-0.3, -0.25) is 24.2 Å². The van der Waals surface area contributed by atoms with Crippen LogP contribution in [0, 0.1) is 0 Å². The van der Waals surface area contributed by atoms with E-state index < -0.39 is 0 Å². The third-order valence-corrected chi connectivity index (χ3v) is 6.89. The SMILES string of the molecule is O=C1CSC(=O)N1CCn1cnnc1[S-].O=C1CSC(=S)N1CCn1cnnc1[S-].[Au+3]. The van der Waals surface area contributed by atoms with Crippen LogP contribution in [0.3, 0.4) is 0 Å². The Morgan fingerprint density at radius 3 is 1.71 bits per heavy atom. The molecule has 11 nitrogen and oxygen atoms in total. The van der Waals surface area contributed by atoms with Gasteiger partial charge in [-0.05, 0) is 0 Å². The fourth-order valence-corrected chi connectivity index (χ4v) is 4.65. The first-order valence-electron chi connectivity index (χ1n) is 8.40. The summed E-state index contributed by atoms with van der Waals surface area (Å²) in [5.41, 5.74) is 0. The summed E-state index contributed by atoms with van der Waals surface area (Å²) in [7, 11) is 0. The molecule has 0 unspecified atom stereocenters. The number of aromatic nitrogens is 6. The van der Waals surface area contributed by atoms with Gasteiger partial charge in [0.1, 0.15) is 17.0 Å². The molecule has 2 aromatic rings. The van der Waals surface area contributed by atoms with Gasteiger partial charge in [-0.1, -0.05) is 35.7 Å². The number of carbonyl (C=O) groups excluding carboxylic acids is 3. The van der Waals surface area contributed by atoms with Crippen LogP contribution in [0.25, 0.3) is 0 Å². The van der Waals surface area contributed by atoms with E-state index in [-0.39, 0.29) is 45.2 Å². The van der Waals surface area contributed by atoms with Gasteiger partial charge >= 0.3 is 22.4 Å². The molecule has 31 heavy (non-hydrogen) atoms. The van der Waals surface area contributed by atoms with Crippen LogP contribution in [-0.4, -0.2) is 85.3 Å². The number of imide groups is 1. The molecule has 17 heteroatoms. The standard InChI is InChI=1S/C7H8N4O2S2.C7H8N4OS3.Au/c12-5-3-15-7(13)11(5)2-1-10-4-8-9-6(10)14;12-5-3-15-7(14)11(5)2-1-10-4-8-9-6(10)13;/h4H,1-3H2,(H,9,14);4H,1-3H2,(H,9,13);/q;;+3/p-2. The second-order valence-electron chi connectivity index (χ2n) is 5.81. The van der Waals surface area contributed by atoms with Crippen LogP contribution < -0.4 is 0 Å². The average Bonchev–Trinajstić information content (AvgIpc) is 3.46. The first kappa shape index (κ1) is 26.1. The van der Waals surface area contributed by atoms with Crippen LogP contribution in [-0.2, 0) is 70.3 Å². The summed E-state index contributed by atoms with van der Waals surface area (Å²) in [5, 5.41) is 15.2. The fraction of sp³-hybridized carbons (Fsp3) is 0.429. The summed E-state index contributed by atoms with van der Waals surface area (Å²) in [5.74, 6) is 0.594. The predicted molar refractivity (Wildman–Crippen MR) is 118 cm³/mol. The smallest absolute Gasteiger partial charge is 0.740 e. The minimum atomic E-state index is -0.195. The Morgan fingerprint density at radius 2 is 1.32 bits per heavy atom. The molecule has 0 atom stereocenters. The first-order valence-corrected chi connectivity index (χ1v) is 11.6. The van der Waals surface area contributed by atoms with E-state index in [0.29, 0.717) is 46.6 Å². The fourth-order valence-electron chi connectivity index (χ4n) is 2.41. The van der Waals surface area contributed by atoms with E-state index in [1.807, 2.05) is 0 Å². The molecule has 0 aromatic carbocycles. The third kappa shape index (κ3) is 6.92. The molecule has 168 valence electrons. The zero-order chi connectivity index (χ0) is 21.7. The molecular weight excluding hydrogens is 686 g/mol. The largest absolute Gasteiger partial charge is 3.00 e. The van der Waals surface area contributed by atoms with Crippen molar-refractivity contribution in [2.24, 2.45) is 0 Å². The van der Waals surface area contributed by atoms with Crippen molar-refractivity contribution in [3.8, 4) is 0 Å². The normalized spacial score (nSPS) is 15.9. The second kappa shape index (κ2) is 12.2. The minimum Gasteiger partial charge on any atom is -0.740 e. The molecule has 2 fully saturated rings. The van der Waals surface area contributed by atoms with Crippen LogP contribution in [0.2, 0.25) is 0 Å². The monoisotopic (exact) mass is 699 g/mol. The van der Waals surface area contributed by atoms with Gasteiger partial charge in [-0.15, -0.1) is 10.2 Å². The zero-order valence-corrected chi connectivity index (χ0v) is 21.8. The number of hydrogen-bond donors (Lipinski definition) is 0. The van der Waals surface area contributed by atoms with Crippen molar-refractivity contribution in [3.63, 3.8) is 0 Å². The summed E-state index contributed by atoms with van der Waals surface area (Å²) in [6, 6.07) is 0. The first-order chi connectivity index (χ1) is 14.4. The van der Waals surface area contributed by atoms with Gasteiger partial charge in [-0.2, -0.15) is 10.2 Å². The van der Waals surface area contributed by atoms with Gasteiger partial charge in [0, 0.05) is 36.5 Å². The molecule has 0 N–H and O–H groups in total. The Morgan fingerprint density at radius 1 is 0.839 bits per heavy atom. The van der Waals surface area contributed by atoms with Crippen molar-refractivity contribution in [1.29, 1.82) is 0 Å². The van der Waals surface area contributed by atoms with Crippen LogP contribution in [0.1, 0.15) is 0 Å². The quantitative estimate of drug-likeness (QED) is 0.228. The van der Waals surface area contributed by atoms with Crippen LogP contribution in [0.5, 0.6) is 0 Å². The summed E-state index contributed by atoms with van der Waals surface area (Å²) >= 11 is 17.3. The molecule has 4 rings (SSSR count). The minimum absolute atomic E-state index is 0. The average molecular weight is 700 g/mol. The van der Waals surface area contributed by atoms with Gasteiger partial charge in [0.15, 0.2) is 0 Å². The van der Waals surface area contributed by atoms with Crippen LogP contribution in [0.4, 0.5) is 4.79 Å². The molecule has 0 spiro atoms. The van der Waals surface area contributed by atoms with Gasteiger partial charge in [-0.25, -0.2) is 0 Å². The van der Waals surface area contributed by atoms with Crippen molar-refractivity contribution >= 4 is 82.4 Å². The number of rotatable bonds is 6. The number of carbonyl (C=O) groups is 3. The second-order valence-corrected chi connectivity index (χ2v) is 9.08. The van der Waals surface area contributed by atoms with Crippen LogP contribution in [0.15, 0.2) is 23.0 Å². The molecule has 4 heterocycles. The van der Waals surface area contributed by atoms with E-state index in [2.05, 4.69) is 20.4 Å². The van der Waals surface area contributed by atoms with Crippen molar-refractivity contribution in [2.75, 3.05) is 24.6 Å². The number of amides is 3. The van der Waals surface area contributed by atoms with E-state index in [9.17, 15) is 14.4 Å². The molecule has 3 amide bonds. The van der Waals surface area contributed by atoms with Crippen LogP contribution >= 0.6 is 35.7 Å². The zero-order valence-electron chi connectivity index (χ0n) is 15.5. The molecule has 0 aliphatic carbocycles. The summed E-state index contributed by atoms with van der Waals surface area (Å²) in [6.07, 6.45) is 3.04. The number of hydrogen-bond acceptors (Lipinski definition) is 12. The summed E-state index contributed by atoms with van der Waals surface area (Å²) < 4.78 is 3.98. The Balaban J connectivity index is 0.000000213. The van der Waals surface area contributed by atoms with Crippen molar-refractivity contribution in [3.05, 3.63) is 12.7 Å². The summed E-state index contributed by atoms with van der Waals surface area (Å²) in [4.78, 5) is 36.7. The van der Waals surface area contributed by atoms with E-state index in [1.54, 1.807) is 20.4 Å². The molecule has 0 radical (unpaired) electrons. The molecule has 2 saturated heterocycles. The topological polar surface area (TPSA) is 119 Å². The van der Waals surface area contributed by atoms with Gasteiger partial charge in [0.05, 0.1) is 11.5 Å². The van der Waals surface area contributed by atoms with Crippen molar-refractivity contribution < 1.29 is 36.8 Å². The van der Waals surface area contributed by atoms with Gasteiger partial charge < -0.3 is 34.4 Å². The summed E-state index contributed by atoms with van der Waals surface area (Å²) in [6.45, 7) is 1.89. The Labute approximate surface area is 217 Å². The molecule has 0 saturated carbocycles. The van der Waals surface area contributed by atoms with Gasteiger partial charge in [0.2, 0.25) is 11.8 Å². The maximum atomic E-state index is 11.4. The maximum absolute atomic E-state index is 11.4. The number of thioether (sulfide) groups is 2. The molecule has 2 aliphatic heterocycles. The Kier molecular flexibility index (Phi) is 10.3. The maximum Gasteiger partial charge on any atom is 3.00 e. The van der Waals surface area contributed by atoms with Crippen molar-refractivity contribution in [1.82, 2.24) is 39.3 Å². The number of nitrogens with zero attached hydrogens (tertiary/aromatic N) is 8. The Bertz CT molecular complexity index is 861. The molecule has 2 aliphatic rings. The Hall–Kier alpha value is -1.14. The van der Waals surface area contributed by atoms with E-state index in [4.69, 9.17) is 37.5 Å². The molecular formula is C14H14AuN8O3S5+. The molecule has 0 bridgehead atoms. The molecule has 2 aromatic heterocycles. The van der Waals surface area contributed by atoms with Crippen molar-refractivity contribution in [2.45, 2.75) is 23.4 Å². The number of thiocarbonyl (C=S) groups is 1.